The molecule has 0 fully saturated rings. The standard InChI is InChI=1S/C15H11N.HNO/c1-2-5-12(6-3-1)13-8-9-15-14(11-13)7-4-10-16-15;1-2/h1-11H;1H. The average molecular weight is 236 g/mol. The normalized spacial score (nSPS) is 9.56. The molecule has 1 N–H and O–H groups in total. The lowest BCUT2D eigenvalue weighted by Gasteiger charge is -2.02. The Kier molecular flexibility index (Phi) is 3.76. The average Bonchev–Trinajstić information content (AvgIpc) is 2.50. The summed E-state index contributed by atoms with van der Waals surface area (Å²) in [6.07, 6.45) is 1.82. The zero-order valence-electron chi connectivity index (χ0n) is 9.71. The van der Waals surface area contributed by atoms with Gasteiger partial charge in [-0.15, -0.1) is 0 Å². The molecule has 0 spiro atoms. The van der Waals surface area contributed by atoms with Gasteiger partial charge in [0.1, 0.15) is 0 Å². The molecule has 3 nitrogen and oxygen atoms in total. The molecular weight excluding hydrogens is 224 g/mol. The van der Waals surface area contributed by atoms with E-state index in [-0.39, 0.29) is 0 Å². The van der Waals surface area contributed by atoms with E-state index in [1.165, 1.54) is 16.5 Å². The number of aromatic nitrogens is 1. The van der Waals surface area contributed by atoms with Crippen molar-refractivity contribution in [1.29, 1.82) is 5.59 Å². The van der Waals surface area contributed by atoms with E-state index in [0.717, 1.165) is 5.52 Å². The van der Waals surface area contributed by atoms with Gasteiger partial charge >= 0.3 is 0 Å². The number of nitrogens with zero attached hydrogens (tertiary/aromatic N) is 1. The number of nitroso groups, excluding NO2 is 1. The lowest BCUT2D eigenvalue weighted by molar-refractivity contribution is 1.41. The zero-order valence-corrected chi connectivity index (χ0v) is 9.71. The van der Waals surface area contributed by atoms with Crippen molar-refractivity contribution in [3.8, 4) is 11.1 Å². The van der Waals surface area contributed by atoms with Crippen molar-refractivity contribution in [2.45, 2.75) is 0 Å². The van der Waals surface area contributed by atoms with Crippen LogP contribution in [0.15, 0.2) is 66.9 Å². The predicted molar refractivity (Wildman–Crippen MR) is 73.3 cm³/mol. The van der Waals surface area contributed by atoms with E-state index in [1.54, 1.807) is 0 Å². The molecule has 0 aliphatic carbocycles. The van der Waals surface area contributed by atoms with Gasteiger partial charge in [0.25, 0.3) is 0 Å². The van der Waals surface area contributed by atoms with E-state index >= 15 is 0 Å². The van der Waals surface area contributed by atoms with Crippen molar-refractivity contribution < 1.29 is 0 Å². The van der Waals surface area contributed by atoms with E-state index in [2.05, 4.69) is 59.1 Å². The van der Waals surface area contributed by atoms with Gasteiger partial charge in [-0.2, -0.15) is 4.91 Å². The molecule has 88 valence electrons. The number of nitrogens with one attached hydrogen (secondary N) is 1. The van der Waals surface area contributed by atoms with Gasteiger partial charge in [-0.25, -0.2) is 0 Å². The van der Waals surface area contributed by atoms with Gasteiger partial charge in [0.15, 0.2) is 0 Å². The largest absolute Gasteiger partial charge is 0.256 e. The molecule has 0 aliphatic rings. The minimum atomic E-state index is 1.04. The molecule has 0 radical (unpaired) electrons. The Labute approximate surface area is 105 Å². The first-order chi connectivity index (χ1) is 8.93. The summed E-state index contributed by atoms with van der Waals surface area (Å²) >= 11 is 0. The zero-order chi connectivity index (χ0) is 12.8. The van der Waals surface area contributed by atoms with E-state index in [1.807, 2.05) is 18.3 Å². The number of rotatable bonds is 1. The molecule has 3 aromatic rings. The first-order valence-electron chi connectivity index (χ1n) is 5.54. The highest BCUT2D eigenvalue weighted by molar-refractivity contribution is 5.84. The van der Waals surface area contributed by atoms with Crippen molar-refractivity contribution in [2.24, 2.45) is 0 Å². The van der Waals surface area contributed by atoms with Crippen molar-refractivity contribution >= 4 is 10.9 Å². The number of fused-ring (bicyclic) bond motifs is 1. The second kappa shape index (κ2) is 5.68. The summed E-state index contributed by atoms with van der Waals surface area (Å²) in [5, 5.41) is 1.18. The summed E-state index contributed by atoms with van der Waals surface area (Å²) < 4.78 is 0. The van der Waals surface area contributed by atoms with E-state index in [4.69, 9.17) is 4.91 Å². The summed E-state index contributed by atoms with van der Waals surface area (Å²) in [5.74, 6) is 0. The van der Waals surface area contributed by atoms with Crippen LogP contribution in [0.25, 0.3) is 22.0 Å². The third-order valence-electron chi connectivity index (χ3n) is 2.71. The molecular formula is C15H12N2O. The van der Waals surface area contributed by atoms with Crippen molar-refractivity contribution in [2.75, 3.05) is 0 Å². The van der Waals surface area contributed by atoms with Crippen molar-refractivity contribution in [1.82, 2.24) is 4.98 Å². The Hall–Kier alpha value is -2.55. The Morgan fingerprint density at radius 3 is 2.33 bits per heavy atom. The summed E-state index contributed by atoms with van der Waals surface area (Å²) in [5.41, 5.74) is 8.02. The maximum Gasteiger partial charge on any atom is 0.0702 e. The van der Waals surface area contributed by atoms with Gasteiger partial charge in [0.05, 0.1) is 5.52 Å². The predicted octanol–water partition coefficient (Wildman–Crippen LogP) is 4.23. The topological polar surface area (TPSA) is 53.8 Å². The Balaban J connectivity index is 0.000000574. The highest BCUT2D eigenvalue weighted by Gasteiger charge is 1.98. The molecule has 0 unspecified atom stereocenters. The molecule has 1 heterocycles. The lowest BCUT2D eigenvalue weighted by atomic mass is 10.0. The maximum atomic E-state index is 7.50. The molecule has 2 aromatic carbocycles. The van der Waals surface area contributed by atoms with Gasteiger partial charge < -0.3 is 0 Å². The molecule has 0 bridgehead atoms. The summed E-state index contributed by atoms with van der Waals surface area (Å²) in [6, 6.07) is 20.8. The molecule has 1 aromatic heterocycles. The third-order valence-corrected chi connectivity index (χ3v) is 2.71. The highest BCUT2D eigenvalue weighted by atomic mass is 16.2. The van der Waals surface area contributed by atoms with E-state index < -0.39 is 0 Å². The number of hydrogen-bond acceptors (Lipinski definition) is 3. The monoisotopic (exact) mass is 236 g/mol. The molecule has 0 amide bonds. The van der Waals surface area contributed by atoms with Crippen LogP contribution in [0.1, 0.15) is 0 Å². The minimum absolute atomic E-state index is 1.04. The lowest BCUT2D eigenvalue weighted by Crippen LogP contribution is -1.80. The summed E-state index contributed by atoms with van der Waals surface area (Å²) in [7, 11) is 0. The quantitative estimate of drug-likeness (QED) is 0.642. The van der Waals surface area contributed by atoms with Gasteiger partial charge in [-0.1, -0.05) is 48.1 Å². The van der Waals surface area contributed by atoms with E-state index in [9.17, 15) is 0 Å². The Bertz CT molecular complexity index is 638. The van der Waals surface area contributed by atoms with Gasteiger partial charge in [0, 0.05) is 11.6 Å². The van der Waals surface area contributed by atoms with Crippen LogP contribution < -0.4 is 0 Å². The second-order valence-corrected chi connectivity index (χ2v) is 3.78. The summed E-state index contributed by atoms with van der Waals surface area (Å²) in [6.45, 7) is 0. The van der Waals surface area contributed by atoms with E-state index in [0.29, 0.717) is 0 Å². The highest BCUT2D eigenvalue weighted by Crippen LogP contribution is 2.22. The SMILES string of the molecule is N=O.c1ccc(-c2ccc3ncccc3c2)cc1. The van der Waals surface area contributed by atoms with Crippen LogP contribution in [-0.4, -0.2) is 4.98 Å². The van der Waals surface area contributed by atoms with Gasteiger partial charge in [-0.3, -0.25) is 4.98 Å². The fourth-order valence-corrected chi connectivity index (χ4v) is 1.89. The minimum Gasteiger partial charge on any atom is -0.256 e. The van der Waals surface area contributed by atoms with Crippen LogP contribution in [0.3, 0.4) is 0 Å². The Morgan fingerprint density at radius 1 is 0.778 bits per heavy atom. The number of pyridine rings is 1. The molecule has 0 saturated heterocycles. The van der Waals surface area contributed by atoms with Crippen molar-refractivity contribution in [3.05, 3.63) is 71.8 Å². The van der Waals surface area contributed by atoms with Crippen LogP contribution in [0.2, 0.25) is 0 Å². The van der Waals surface area contributed by atoms with Gasteiger partial charge in [-0.05, 0) is 29.3 Å². The third kappa shape index (κ3) is 2.40. The molecule has 3 heteroatoms. The summed E-state index contributed by atoms with van der Waals surface area (Å²) in [4.78, 5) is 11.8. The molecule has 3 rings (SSSR count). The number of hydrogen-bond donors (Lipinski definition) is 1. The molecule has 0 atom stereocenters. The van der Waals surface area contributed by atoms with Crippen LogP contribution in [0.4, 0.5) is 0 Å². The van der Waals surface area contributed by atoms with Gasteiger partial charge in [0.2, 0.25) is 0 Å². The van der Waals surface area contributed by atoms with Crippen LogP contribution in [0, 0.1) is 10.5 Å². The molecule has 18 heavy (non-hydrogen) atoms. The fourth-order valence-electron chi connectivity index (χ4n) is 1.89. The van der Waals surface area contributed by atoms with Crippen molar-refractivity contribution in [3.63, 3.8) is 0 Å². The fraction of sp³-hybridized carbons (Fsp3) is 0. The maximum absolute atomic E-state index is 7.50. The smallest absolute Gasteiger partial charge is 0.0702 e. The van der Waals surface area contributed by atoms with Crippen LogP contribution in [0.5, 0.6) is 0 Å². The second-order valence-electron chi connectivity index (χ2n) is 3.78. The van der Waals surface area contributed by atoms with Crippen LogP contribution in [-0.2, 0) is 0 Å². The first-order valence-corrected chi connectivity index (χ1v) is 5.54. The molecule has 0 saturated carbocycles. The Morgan fingerprint density at radius 2 is 1.56 bits per heavy atom. The molecule has 0 aliphatic heterocycles. The number of benzene rings is 2. The van der Waals surface area contributed by atoms with Crippen LogP contribution >= 0.6 is 0 Å². The first kappa shape index (κ1) is 11.9.